The van der Waals surface area contributed by atoms with Crippen molar-refractivity contribution in [2.75, 3.05) is 6.54 Å². The molecule has 2 unspecified atom stereocenters. The molecule has 0 aromatic carbocycles. The summed E-state index contributed by atoms with van der Waals surface area (Å²) in [5, 5.41) is 9.24. The minimum atomic E-state index is -3.73. The first-order chi connectivity index (χ1) is 9.78. The van der Waals surface area contributed by atoms with Crippen molar-refractivity contribution in [2.45, 2.75) is 50.6 Å². The molecule has 0 aliphatic carbocycles. The van der Waals surface area contributed by atoms with Gasteiger partial charge in [0, 0.05) is 18.5 Å². The smallest absolute Gasteiger partial charge is 0.308 e. The Bertz CT molecular complexity index is 623. The lowest BCUT2D eigenvalue weighted by Gasteiger charge is -2.24. The number of H-pyrrole nitrogens is 1. The molecule has 1 aromatic rings. The Morgan fingerprint density at radius 1 is 1.57 bits per heavy atom. The number of carboxylic acids is 1. The topological polar surface area (TPSA) is 103 Å². The van der Waals surface area contributed by atoms with Crippen LogP contribution in [0.5, 0.6) is 0 Å². The molecule has 0 saturated carbocycles. The highest BCUT2D eigenvalue weighted by molar-refractivity contribution is 7.89. The SMILES string of the molecule is CCC1C(C(=O)O)CCN1S(=O)(=O)c1cnc(C(C)C)[nH]1. The maximum Gasteiger partial charge on any atom is 0.308 e. The molecule has 0 spiro atoms. The van der Waals surface area contributed by atoms with Gasteiger partial charge >= 0.3 is 5.97 Å². The molecule has 2 heterocycles. The second kappa shape index (κ2) is 5.76. The van der Waals surface area contributed by atoms with E-state index in [1.807, 2.05) is 13.8 Å². The zero-order valence-electron chi connectivity index (χ0n) is 12.4. The largest absolute Gasteiger partial charge is 0.481 e. The lowest BCUT2D eigenvalue weighted by Crippen LogP contribution is -2.39. The van der Waals surface area contributed by atoms with Crippen LogP contribution in [-0.4, -0.2) is 46.4 Å². The van der Waals surface area contributed by atoms with E-state index in [2.05, 4.69) is 9.97 Å². The van der Waals surface area contributed by atoms with E-state index in [1.54, 1.807) is 6.92 Å². The molecule has 1 aliphatic rings. The molecule has 2 atom stereocenters. The third-order valence-corrected chi connectivity index (χ3v) is 5.77. The number of sulfonamides is 1. The van der Waals surface area contributed by atoms with Gasteiger partial charge in [0.15, 0.2) is 5.03 Å². The summed E-state index contributed by atoms with van der Waals surface area (Å²) in [7, 11) is -3.73. The van der Waals surface area contributed by atoms with E-state index in [4.69, 9.17) is 0 Å². The average molecular weight is 315 g/mol. The van der Waals surface area contributed by atoms with Crippen LogP contribution >= 0.6 is 0 Å². The maximum absolute atomic E-state index is 12.7. The van der Waals surface area contributed by atoms with Crippen LogP contribution in [0.15, 0.2) is 11.2 Å². The number of carbonyl (C=O) groups is 1. The second-order valence-corrected chi connectivity index (χ2v) is 7.47. The number of imidazole rings is 1. The fourth-order valence-electron chi connectivity index (χ4n) is 2.77. The highest BCUT2D eigenvalue weighted by Crippen LogP contribution is 2.32. The zero-order valence-corrected chi connectivity index (χ0v) is 13.2. The second-order valence-electron chi connectivity index (χ2n) is 5.61. The van der Waals surface area contributed by atoms with Crippen molar-refractivity contribution in [3.63, 3.8) is 0 Å². The number of aromatic nitrogens is 2. The Kier molecular flexibility index (Phi) is 4.38. The molecule has 21 heavy (non-hydrogen) atoms. The molecule has 0 radical (unpaired) electrons. The van der Waals surface area contributed by atoms with Crippen LogP contribution in [0.4, 0.5) is 0 Å². The van der Waals surface area contributed by atoms with Gasteiger partial charge in [0.1, 0.15) is 5.82 Å². The monoisotopic (exact) mass is 315 g/mol. The molecule has 118 valence electrons. The summed E-state index contributed by atoms with van der Waals surface area (Å²) in [6.07, 6.45) is 2.13. The molecule has 0 amide bonds. The standard InChI is InChI=1S/C13H21N3O4S/c1-4-10-9(13(17)18)5-6-16(10)21(19,20)11-7-14-12(15-11)8(2)3/h7-10H,4-6H2,1-3H3,(H,14,15)(H,17,18). The van der Waals surface area contributed by atoms with Gasteiger partial charge in [-0.1, -0.05) is 20.8 Å². The summed E-state index contributed by atoms with van der Waals surface area (Å²) in [4.78, 5) is 18.1. The predicted molar refractivity (Wildman–Crippen MR) is 76.4 cm³/mol. The van der Waals surface area contributed by atoms with Crippen LogP contribution in [0.25, 0.3) is 0 Å². The van der Waals surface area contributed by atoms with Gasteiger partial charge < -0.3 is 10.1 Å². The molecule has 1 aromatic heterocycles. The van der Waals surface area contributed by atoms with Crippen LogP contribution in [0.3, 0.4) is 0 Å². The summed E-state index contributed by atoms with van der Waals surface area (Å²) < 4.78 is 26.6. The van der Waals surface area contributed by atoms with Crippen molar-refractivity contribution in [1.29, 1.82) is 0 Å². The van der Waals surface area contributed by atoms with E-state index in [9.17, 15) is 18.3 Å². The van der Waals surface area contributed by atoms with Gasteiger partial charge in [0.05, 0.1) is 12.1 Å². The lowest BCUT2D eigenvalue weighted by atomic mass is 9.99. The average Bonchev–Trinajstić information content (AvgIpc) is 3.05. The molecule has 8 heteroatoms. The molecular weight excluding hydrogens is 294 g/mol. The Labute approximate surface area is 124 Å². The Morgan fingerprint density at radius 2 is 2.24 bits per heavy atom. The number of rotatable bonds is 5. The van der Waals surface area contributed by atoms with Gasteiger partial charge in [-0.05, 0) is 12.8 Å². The molecule has 0 bridgehead atoms. The summed E-state index contributed by atoms with van der Waals surface area (Å²) in [5.41, 5.74) is 0. The van der Waals surface area contributed by atoms with E-state index in [1.165, 1.54) is 10.5 Å². The fourth-order valence-corrected chi connectivity index (χ4v) is 4.44. The van der Waals surface area contributed by atoms with E-state index >= 15 is 0 Å². The molecule has 7 nitrogen and oxygen atoms in total. The highest BCUT2D eigenvalue weighted by Gasteiger charge is 2.44. The van der Waals surface area contributed by atoms with Gasteiger partial charge in [-0.3, -0.25) is 4.79 Å². The van der Waals surface area contributed by atoms with Crippen LogP contribution < -0.4 is 0 Å². The first kappa shape index (κ1) is 16.0. The number of nitrogens with zero attached hydrogens (tertiary/aromatic N) is 2. The summed E-state index contributed by atoms with van der Waals surface area (Å²) in [6.45, 7) is 5.87. The molecule has 1 fully saturated rings. The van der Waals surface area contributed by atoms with Crippen molar-refractivity contribution in [1.82, 2.24) is 14.3 Å². The van der Waals surface area contributed by atoms with Crippen molar-refractivity contribution in [3.05, 3.63) is 12.0 Å². The van der Waals surface area contributed by atoms with Gasteiger partial charge in [-0.15, -0.1) is 0 Å². The minimum absolute atomic E-state index is 0.0377. The van der Waals surface area contributed by atoms with Gasteiger partial charge in [-0.25, -0.2) is 13.4 Å². The van der Waals surface area contributed by atoms with Crippen molar-refractivity contribution < 1.29 is 18.3 Å². The molecule has 2 N–H and O–H groups in total. The molecule has 1 saturated heterocycles. The van der Waals surface area contributed by atoms with Crippen molar-refractivity contribution >= 4 is 16.0 Å². The van der Waals surface area contributed by atoms with Crippen molar-refractivity contribution in [2.24, 2.45) is 5.92 Å². The van der Waals surface area contributed by atoms with Gasteiger partial charge in [0.25, 0.3) is 10.0 Å². The number of carboxylic acid groups (broad SMARTS) is 1. The molecule has 2 rings (SSSR count). The van der Waals surface area contributed by atoms with Crippen LogP contribution in [0.2, 0.25) is 0 Å². The molecular formula is C13H21N3O4S. The lowest BCUT2D eigenvalue weighted by molar-refractivity contribution is -0.142. The fraction of sp³-hybridized carbons (Fsp3) is 0.692. The maximum atomic E-state index is 12.7. The summed E-state index contributed by atoms with van der Waals surface area (Å²) >= 11 is 0. The third kappa shape index (κ3) is 2.82. The van der Waals surface area contributed by atoms with E-state index < -0.39 is 28.0 Å². The number of aromatic amines is 1. The number of hydrogen-bond acceptors (Lipinski definition) is 4. The first-order valence-electron chi connectivity index (χ1n) is 7.08. The van der Waals surface area contributed by atoms with Gasteiger partial charge in [-0.2, -0.15) is 4.31 Å². The number of hydrogen-bond donors (Lipinski definition) is 2. The Hall–Kier alpha value is -1.41. The van der Waals surface area contributed by atoms with Crippen LogP contribution in [-0.2, 0) is 14.8 Å². The van der Waals surface area contributed by atoms with E-state index in [0.29, 0.717) is 18.7 Å². The third-order valence-electron chi connectivity index (χ3n) is 3.94. The van der Waals surface area contributed by atoms with E-state index in [-0.39, 0.29) is 17.5 Å². The Morgan fingerprint density at radius 3 is 2.71 bits per heavy atom. The van der Waals surface area contributed by atoms with E-state index in [0.717, 1.165) is 0 Å². The van der Waals surface area contributed by atoms with Crippen molar-refractivity contribution in [3.8, 4) is 0 Å². The Balaban J connectivity index is 2.32. The normalized spacial score (nSPS) is 23.8. The zero-order chi connectivity index (χ0) is 15.8. The van der Waals surface area contributed by atoms with Gasteiger partial charge in [0.2, 0.25) is 0 Å². The van der Waals surface area contributed by atoms with Crippen LogP contribution in [0.1, 0.15) is 45.4 Å². The first-order valence-corrected chi connectivity index (χ1v) is 8.52. The molecule has 1 aliphatic heterocycles. The quantitative estimate of drug-likeness (QED) is 0.855. The highest BCUT2D eigenvalue weighted by atomic mass is 32.2. The predicted octanol–water partition coefficient (Wildman–Crippen LogP) is 1.41. The number of aliphatic carboxylic acids is 1. The minimum Gasteiger partial charge on any atom is -0.481 e. The summed E-state index contributed by atoms with van der Waals surface area (Å²) in [6, 6.07) is -0.502. The summed E-state index contributed by atoms with van der Waals surface area (Å²) in [5.74, 6) is -0.874. The number of nitrogens with one attached hydrogen (secondary N) is 1. The van der Waals surface area contributed by atoms with Crippen LogP contribution in [0, 0.1) is 5.92 Å².